The molecule has 172 valence electrons. The van der Waals surface area contributed by atoms with Gasteiger partial charge in [-0.15, -0.1) is 0 Å². The topological polar surface area (TPSA) is 75.7 Å². The summed E-state index contributed by atoms with van der Waals surface area (Å²) in [4.78, 5) is 12.7. The Kier molecular flexibility index (Phi) is 6.03. The number of hydrogen-bond donors (Lipinski definition) is 1. The van der Waals surface area contributed by atoms with Gasteiger partial charge in [-0.2, -0.15) is 13.2 Å². The lowest BCUT2D eigenvalue weighted by molar-refractivity contribution is -0.137. The minimum Gasteiger partial charge on any atom is -0.457 e. The van der Waals surface area contributed by atoms with Crippen molar-refractivity contribution >= 4 is 27.3 Å². The maximum Gasteiger partial charge on any atom is 0.416 e. The highest BCUT2D eigenvalue weighted by molar-refractivity contribution is 7.93. The van der Waals surface area contributed by atoms with Crippen LogP contribution in [0.15, 0.2) is 72.8 Å². The second-order valence-electron chi connectivity index (χ2n) is 7.40. The standard InChI is InChI=1S/C23H19F3N2O4S/c24-23(25,26)17-6-2-10-21(14-17)32-20-9-1-5-16(13-20)22(29)27-18-7-3-8-19(15-18)28-11-4-12-33(28,30)31/h1-3,5-10,13-15H,4,11-12H2,(H,27,29). The van der Waals surface area contributed by atoms with Gasteiger partial charge < -0.3 is 10.1 Å². The van der Waals surface area contributed by atoms with Crippen LogP contribution in [-0.4, -0.2) is 26.6 Å². The molecule has 0 atom stereocenters. The summed E-state index contributed by atoms with van der Waals surface area (Å²) in [6.45, 7) is 0.384. The van der Waals surface area contributed by atoms with Gasteiger partial charge in [0.2, 0.25) is 10.0 Å². The van der Waals surface area contributed by atoms with Gasteiger partial charge in [-0.3, -0.25) is 9.10 Å². The van der Waals surface area contributed by atoms with Gasteiger partial charge >= 0.3 is 6.18 Å². The van der Waals surface area contributed by atoms with E-state index < -0.39 is 27.7 Å². The maximum atomic E-state index is 12.9. The number of alkyl halides is 3. The average molecular weight is 476 g/mol. The molecule has 1 aliphatic rings. The molecule has 0 aliphatic carbocycles. The zero-order valence-electron chi connectivity index (χ0n) is 17.2. The van der Waals surface area contributed by atoms with Crippen molar-refractivity contribution in [3.8, 4) is 11.5 Å². The fraction of sp³-hybridized carbons (Fsp3) is 0.174. The van der Waals surface area contributed by atoms with E-state index in [9.17, 15) is 26.4 Å². The van der Waals surface area contributed by atoms with Gasteiger partial charge in [0.25, 0.3) is 5.91 Å². The van der Waals surface area contributed by atoms with Crippen LogP contribution in [-0.2, 0) is 16.2 Å². The number of nitrogens with one attached hydrogen (secondary N) is 1. The molecule has 1 amide bonds. The van der Waals surface area contributed by atoms with Crippen LogP contribution in [0.1, 0.15) is 22.3 Å². The number of sulfonamides is 1. The molecule has 0 spiro atoms. The first-order valence-corrected chi connectivity index (χ1v) is 11.6. The number of nitrogens with zero attached hydrogens (tertiary/aromatic N) is 1. The monoisotopic (exact) mass is 476 g/mol. The Morgan fingerprint density at radius 3 is 2.33 bits per heavy atom. The van der Waals surface area contributed by atoms with E-state index in [4.69, 9.17) is 4.74 Å². The Labute approximate surface area is 188 Å². The predicted octanol–water partition coefficient (Wildman–Crippen LogP) is 5.29. The Morgan fingerprint density at radius 2 is 1.64 bits per heavy atom. The Balaban J connectivity index is 1.49. The fourth-order valence-corrected chi connectivity index (χ4v) is 5.00. The van der Waals surface area contributed by atoms with Crippen molar-refractivity contribution in [2.45, 2.75) is 12.6 Å². The van der Waals surface area contributed by atoms with E-state index in [0.717, 1.165) is 12.1 Å². The number of amides is 1. The van der Waals surface area contributed by atoms with Crippen LogP contribution in [0.2, 0.25) is 0 Å². The SMILES string of the molecule is O=C(Nc1cccc(N2CCCS2(=O)=O)c1)c1cccc(Oc2cccc(C(F)(F)F)c2)c1. The minimum absolute atomic E-state index is 0.0121. The second kappa shape index (κ2) is 8.78. The molecule has 0 bridgehead atoms. The summed E-state index contributed by atoms with van der Waals surface area (Å²) in [6.07, 6.45) is -3.96. The van der Waals surface area contributed by atoms with Crippen molar-refractivity contribution in [2.75, 3.05) is 21.9 Å². The summed E-state index contributed by atoms with van der Waals surface area (Å²) < 4.78 is 69.8. The third kappa shape index (κ3) is 5.28. The summed E-state index contributed by atoms with van der Waals surface area (Å²) in [5.41, 5.74) is 0.253. The first kappa shape index (κ1) is 22.7. The summed E-state index contributed by atoms with van der Waals surface area (Å²) in [7, 11) is -3.35. The third-order valence-corrected chi connectivity index (χ3v) is 6.85. The van der Waals surface area contributed by atoms with Crippen LogP contribution in [0.3, 0.4) is 0 Å². The number of ether oxygens (including phenoxy) is 1. The van der Waals surface area contributed by atoms with Gasteiger partial charge in [-0.05, 0) is 61.0 Å². The van der Waals surface area contributed by atoms with Gasteiger partial charge in [0, 0.05) is 17.8 Å². The van der Waals surface area contributed by atoms with E-state index in [2.05, 4.69) is 5.32 Å². The number of halogens is 3. The molecule has 1 aliphatic heterocycles. The van der Waals surface area contributed by atoms with E-state index >= 15 is 0 Å². The summed E-state index contributed by atoms with van der Waals surface area (Å²) in [5, 5.41) is 2.70. The van der Waals surface area contributed by atoms with Crippen molar-refractivity contribution in [1.29, 1.82) is 0 Å². The number of benzene rings is 3. The molecule has 1 saturated heterocycles. The normalized spacial score (nSPS) is 15.3. The molecule has 0 aromatic heterocycles. The second-order valence-corrected chi connectivity index (χ2v) is 9.41. The smallest absolute Gasteiger partial charge is 0.416 e. The van der Waals surface area contributed by atoms with Crippen molar-refractivity contribution in [3.63, 3.8) is 0 Å². The molecule has 0 radical (unpaired) electrons. The van der Waals surface area contributed by atoms with Gasteiger partial charge in [0.15, 0.2) is 0 Å². The molecule has 33 heavy (non-hydrogen) atoms. The predicted molar refractivity (Wildman–Crippen MR) is 118 cm³/mol. The Bertz CT molecular complexity index is 1290. The largest absolute Gasteiger partial charge is 0.457 e. The van der Waals surface area contributed by atoms with E-state index in [1.165, 1.54) is 34.6 Å². The van der Waals surface area contributed by atoms with Crippen LogP contribution in [0.25, 0.3) is 0 Å². The van der Waals surface area contributed by atoms with E-state index in [-0.39, 0.29) is 22.8 Å². The zero-order valence-corrected chi connectivity index (χ0v) is 18.0. The number of carbonyl (C=O) groups is 1. The first-order chi connectivity index (χ1) is 15.6. The van der Waals surface area contributed by atoms with Crippen molar-refractivity contribution in [1.82, 2.24) is 0 Å². The highest BCUT2D eigenvalue weighted by Crippen LogP contribution is 2.33. The van der Waals surface area contributed by atoms with Gasteiger partial charge in [0.1, 0.15) is 11.5 Å². The molecular formula is C23H19F3N2O4S. The molecule has 1 fully saturated rings. The van der Waals surface area contributed by atoms with Gasteiger partial charge in [-0.1, -0.05) is 18.2 Å². The van der Waals surface area contributed by atoms with Gasteiger partial charge in [-0.25, -0.2) is 8.42 Å². The lowest BCUT2D eigenvalue weighted by Crippen LogP contribution is -2.25. The number of anilines is 2. The zero-order chi connectivity index (χ0) is 23.6. The molecular weight excluding hydrogens is 457 g/mol. The first-order valence-electron chi connectivity index (χ1n) is 9.99. The minimum atomic E-state index is -4.50. The van der Waals surface area contributed by atoms with Crippen molar-refractivity contribution < 1.29 is 31.1 Å². The summed E-state index contributed by atoms with van der Waals surface area (Å²) >= 11 is 0. The molecule has 0 saturated carbocycles. The maximum absolute atomic E-state index is 12.9. The Hall–Kier alpha value is -3.53. The summed E-state index contributed by atoms with van der Waals surface area (Å²) in [6, 6.07) is 17.0. The third-order valence-electron chi connectivity index (χ3n) is 4.98. The molecule has 3 aromatic rings. The van der Waals surface area contributed by atoms with Crippen LogP contribution < -0.4 is 14.4 Å². The van der Waals surface area contributed by atoms with E-state index in [1.807, 2.05) is 0 Å². The highest BCUT2D eigenvalue weighted by atomic mass is 32.2. The van der Waals surface area contributed by atoms with Crippen LogP contribution in [0.5, 0.6) is 11.5 Å². The van der Waals surface area contributed by atoms with E-state index in [0.29, 0.717) is 24.3 Å². The molecule has 10 heteroatoms. The number of carbonyl (C=O) groups excluding carboxylic acids is 1. The van der Waals surface area contributed by atoms with E-state index in [1.54, 1.807) is 30.3 Å². The van der Waals surface area contributed by atoms with Gasteiger partial charge in [0.05, 0.1) is 17.0 Å². The van der Waals surface area contributed by atoms with Crippen LogP contribution in [0.4, 0.5) is 24.5 Å². The van der Waals surface area contributed by atoms with Crippen LogP contribution >= 0.6 is 0 Å². The lowest BCUT2D eigenvalue weighted by Gasteiger charge is -2.18. The highest BCUT2D eigenvalue weighted by Gasteiger charge is 2.31. The van der Waals surface area contributed by atoms with Crippen molar-refractivity contribution in [3.05, 3.63) is 83.9 Å². The Morgan fingerprint density at radius 1 is 0.939 bits per heavy atom. The lowest BCUT2D eigenvalue weighted by atomic mass is 10.2. The molecule has 4 rings (SSSR count). The molecule has 0 unspecified atom stereocenters. The quantitative estimate of drug-likeness (QED) is 0.543. The summed E-state index contributed by atoms with van der Waals surface area (Å²) in [5.74, 6) is -0.214. The molecule has 6 nitrogen and oxygen atoms in total. The average Bonchev–Trinajstić information content (AvgIpc) is 3.13. The number of hydrogen-bond acceptors (Lipinski definition) is 4. The molecule has 1 N–H and O–H groups in total. The van der Waals surface area contributed by atoms with Crippen LogP contribution in [0, 0.1) is 0 Å². The molecule has 3 aromatic carbocycles. The fourth-order valence-electron chi connectivity index (χ4n) is 3.44. The number of rotatable bonds is 5. The van der Waals surface area contributed by atoms with Crippen molar-refractivity contribution in [2.24, 2.45) is 0 Å². The molecule has 1 heterocycles.